The number of hydrogen-bond acceptors (Lipinski definition) is 3. The molecule has 4 nitrogen and oxygen atoms in total. The number of carbonyl (C=O) groups excluding carboxylic acids is 1. The number of carbonyl (C=O) groups is 1. The lowest BCUT2D eigenvalue weighted by Crippen LogP contribution is -2.40. The molecule has 1 amide bonds. The van der Waals surface area contributed by atoms with Gasteiger partial charge >= 0.3 is 6.09 Å². The van der Waals surface area contributed by atoms with E-state index in [2.05, 4.69) is 6.07 Å². The van der Waals surface area contributed by atoms with Crippen LogP contribution >= 0.6 is 11.6 Å². The van der Waals surface area contributed by atoms with Crippen LogP contribution in [0.1, 0.15) is 43.6 Å². The summed E-state index contributed by atoms with van der Waals surface area (Å²) in [5, 5.41) is 0.803. The molecule has 1 aromatic carbocycles. The summed E-state index contributed by atoms with van der Waals surface area (Å²) in [5.41, 5.74) is 3.11. The van der Waals surface area contributed by atoms with E-state index in [0.29, 0.717) is 19.7 Å². The summed E-state index contributed by atoms with van der Waals surface area (Å²) in [5.74, 6) is 0. The Bertz CT molecular complexity index is 594. The summed E-state index contributed by atoms with van der Waals surface area (Å²) >= 11 is 6.34. The molecule has 22 heavy (non-hydrogen) atoms. The summed E-state index contributed by atoms with van der Waals surface area (Å²) in [6.07, 6.45) is 1.26. The molecule has 2 aliphatic rings. The first-order valence-electron chi connectivity index (χ1n) is 7.75. The SMILES string of the molecule is CC(C)(C)OC(=O)N1CCc2ccc(Cl)c3c2C(C1)OCC3. The highest BCUT2D eigenvalue weighted by Crippen LogP contribution is 2.37. The van der Waals surface area contributed by atoms with Crippen molar-refractivity contribution in [3.63, 3.8) is 0 Å². The third kappa shape index (κ3) is 3.08. The highest BCUT2D eigenvalue weighted by atomic mass is 35.5. The smallest absolute Gasteiger partial charge is 0.410 e. The molecule has 1 aromatic rings. The van der Waals surface area contributed by atoms with Gasteiger partial charge in [0.15, 0.2) is 0 Å². The Morgan fingerprint density at radius 3 is 2.86 bits per heavy atom. The molecular weight excluding hydrogens is 302 g/mol. The molecule has 0 fully saturated rings. The highest BCUT2D eigenvalue weighted by Gasteiger charge is 2.33. The van der Waals surface area contributed by atoms with Crippen LogP contribution in [0.2, 0.25) is 5.02 Å². The Kier molecular flexibility index (Phi) is 4.08. The van der Waals surface area contributed by atoms with Crippen molar-refractivity contribution in [2.45, 2.75) is 45.3 Å². The normalized spacial score (nSPS) is 21.1. The van der Waals surface area contributed by atoms with Crippen molar-refractivity contribution < 1.29 is 14.3 Å². The average molecular weight is 324 g/mol. The number of nitrogens with zero attached hydrogens (tertiary/aromatic N) is 1. The van der Waals surface area contributed by atoms with Gasteiger partial charge in [-0.2, -0.15) is 0 Å². The zero-order valence-corrected chi connectivity index (χ0v) is 14.1. The molecule has 1 atom stereocenters. The molecule has 0 aromatic heterocycles. The molecule has 120 valence electrons. The van der Waals surface area contributed by atoms with Gasteiger partial charge in [-0.15, -0.1) is 0 Å². The van der Waals surface area contributed by atoms with Crippen molar-refractivity contribution in [3.05, 3.63) is 33.8 Å². The molecule has 0 saturated carbocycles. The van der Waals surface area contributed by atoms with Crippen LogP contribution in [0, 0.1) is 0 Å². The maximum absolute atomic E-state index is 12.4. The van der Waals surface area contributed by atoms with Gasteiger partial charge in [0.2, 0.25) is 0 Å². The van der Waals surface area contributed by atoms with Crippen LogP contribution < -0.4 is 0 Å². The average Bonchev–Trinajstić information content (AvgIpc) is 2.62. The molecule has 0 spiro atoms. The van der Waals surface area contributed by atoms with Gasteiger partial charge in [0.25, 0.3) is 0 Å². The lowest BCUT2D eigenvalue weighted by atomic mass is 9.92. The standard InChI is InChI=1S/C17H22ClNO3/c1-17(2,3)22-16(20)19-8-6-11-4-5-13(18)12-7-9-21-14(10-19)15(11)12/h4-5,14H,6-10H2,1-3H3. The number of benzene rings is 1. The van der Waals surface area contributed by atoms with Crippen LogP contribution in [-0.4, -0.2) is 36.3 Å². The summed E-state index contributed by atoms with van der Waals surface area (Å²) in [6.45, 7) is 7.45. The molecule has 0 aliphatic carbocycles. The predicted molar refractivity (Wildman–Crippen MR) is 85.4 cm³/mol. The Labute approximate surface area is 136 Å². The second-order valence-electron chi connectivity index (χ2n) is 6.88. The van der Waals surface area contributed by atoms with Crippen LogP contribution in [0.25, 0.3) is 0 Å². The summed E-state index contributed by atoms with van der Waals surface area (Å²) in [4.78, 5) is 14.1. The molecule has 0 radical (unpaired) electrons. The maximum atomic E-state index is 12.4. The monoisotopic (exact) mass is 323 g/mol. The maximum Gasteiger partial charge on any atom is 0.410 e. The predicted octanol–water partition coefficient (Wildman–Crippen LogP) is 3.75. The van der Waals surface area contributed by atoms with Gasteiger partial charge in [-0.25, -0.2) is 4.79 Å². The van der Waals surface area contributed by atoms with Gasteiger partial charge in [-0.3, -0.25) is 0 Å². The number of halogens is 1. The minimum absolute atomic E-state index is 0.104. The van der Waals surface area contributed by atoms with E-state index >= 15 is 0 Å². The van der Waals surface area contributed by atoms with E-state index in [1.54, 1.807) is 4.90 Å². The first-order valence-corrected chi connectivity index (χ1v) is 8.12. The molecule has 0 N–H and O–H groups in total. The third-order valence-electron chi connectivity index (χ3n) is 4.07. The fourth-order valence-corrected chi connectivity index (χ4v) is 3.39. The van der Waals surface area contributed by atoms with Crippen LogP contribution in [0.15, 0.2) is 12.1 Å². The third-order valence-corrected chi connectivity index (χ3v) is 4.43. The molecule has 1 unspecified atom stereocenters. The van der Waals surface area contributed by atoms with E-state index in [1.165, 1.54) is 16.7 Å². The van der Waals surface area contributed by atoms with E-state index in [1.807, 2.05) is 26.8 Å². The first-order chi connectivity index (χ1) is 10.3. The van der Waals surface area contributed by atoms with Gasteiger partial charge in [-0.1, -0.05) is 17.7 Å². The zero-order valence-electron chi connectivity index (χ0n) is 13.3. The number of ether oxygens (including phenoxy) is 2. The number of rotatable bonds is 0. The first kappa shape index (κ1) is 15.6. The van der Waals surface area contributed by atoms with Gasteiger partial charge in [0.1, 0.15) is 11.7 Å². The lowest BCUT2D eigenvalue weighted by molar-refractivity contribution is -0.00445. The summed E-state index contributed by atoms with van der Waals surface area (Å²) in [6, 6.07) is 4.02. The minimum Gasteiger partial charge on any atom is -0.444 e. The highest BCUT2D eigenvalue weighted by molar-refractivity contribution is 6.31. The van der Waals surface area contributed by atoms with E-state index < -0.39 is 5.60 Å². The van der Waals surface area contributed by atoms with Gasteiger partial charge in [-0.05, 0) is 56.4 Å². The van der Waals surface area contributed by atoms with Crippen LogP contribution in [-0.2, 0) is 22.3 Å². The van der Waals surface area contributed by atoms with Crippen molar-refractivity contribution in [1.82, 2.24) is 4.90 Å². The van der Waals surface area contributed by atoms with E-state index in [0.717, 1.165) is 17.9 Å². The second-order valence-corrected chi connectivity index (χ2v) is 7.29. The van der Waals surface area contributed by atoms with Crippen molar-refractivity contribution in [2.24, 2.45) is 0 Å². The van der Waals surface area contributed by atoms with Gasteiger partial charge in [0.05, 0.1) is 13.2 Å². The number of hydrogen-bond donors (Lipinski definition) is 0. The largest absolute Gasteiger partial charge is 0.444 e. The number of amides is 1. The topological polar surface area (TPSA) is 38.8 Å². The minimum atomic E-state index is -0.488. The van der Waals surface area contributed by atoms with Crippen molar-refractivity contribution >= 4 is 17.7 Å². The molecule has 5 heteroatoms. The molecule has 2 heterocycles. The molecule has 0 bridgehead atoms. The zero-order chi connectivity index (χ0) is 15.9. The van der Waals surface area contributed by atoms with E-state index in [9.17, 15) is 4.79 Å². The Morgan fingerprint density at radius 1 is 1.36 bits per heavy atom. The summed E-state index contributed by atoms with van der Waals surface area (Å²) in [7, 11) is 0. The van der Waals surface area contributed by atoms with Crippen molar-refractivity contribution in [2.75, 3.05) is 19.7 Å². The lowest BCUT2D eigenvalue weighted by Gasteiger charge is -2.31. The van der Waals surface area contributed by atoms with Crippen molar-refractivity contribution in [3.8, 4) is 0 Å². The fraction of sp³-hybridized carbons (Fsp3) is 0.588. The van der Waals surface area contributed by atoms with Crippen LogP contribution in [0.3, 0.4) is 0 Å². The quantitative estimate of drug-likeness (QED) is 0.730. The molecule has 0 saturated heterocycles. The van der Waals surface area contributed by atoms with Gasteiger partial charge in [0, 0.05) is 11.6 Å². The molecule has 3 rings (SSSR count). The van der Waals surface area contributed by atoms with Gasteiger partial charge < -0.3 is 14.4 Å². The Balaban J connectivity index is 1.87. The Hall–Kier alpha value is -1.26. The van der Waals surface area contributed by atoms with Crippen LogP contribution in [0.5, 0.6) is 0 Å². The van der Waals surface area contributed by atoms with Crippen LogP contribution in [0.4, 0.5) is 4.79 Å². The van der Waals surface area contributed by atoms with E-state index in [-0.39, 0.29) is 12.2 Å². The summed E-state index contributed by atoms with van der Waals surface area (Å²) < 4.78 is 11.4. The van der Waals surface area contributed by atoms with Crippen molar-refractivity contribution in [1.29, 1.82) is 0 Å². The molecule has 2 aliphatic heterocycles. The Morgan fingerprint density at radius 2 is 2.14 bits per heavy atom. The second kappa shape index (κ2) is 5.74. The fourth-order valence-electron chi connectivity index (χ4n) is 3.13. The van der Waals surface area contributed by atoms with E-state index in [4.69, 9.17) is 21.1 Å². The molecular formula is C17H22ClNO3.